The van der Waals surface area contributed by atoms with E-state index in [0.717, 1.165) is 0 Å². The maximum absolute atomic E-state index is 13.5. The van der Waals surface area contributed by atoms with Crippen LogP contribution in [-0.2, 0) is 21.2 Å². The number of ether oxygens (including phenoxy) is 1. The Hall–Kier alpha value is -1.02. The Kier molecular flexibility index (Phi) is 5.91. The Morgan fingerprint density at radius 2 is 1.95 bits per heavy atom. The number of aliphatic hydroxyl groups is 1. The number of rotatable bonds is 7. The summed E-state index contributed by atoms with van der Waals surface area (Å²) in [6, 6.07) is 6.15. The van der Waals surface area contributed by atoms with Crippen LogP contribution in [0, 0.1) is 11.2 Å². The molecular formula is C15H22FNO4S. The Labute approximate surface area is 130 Å². The summed E-state index contributed by atoms with van der Waals surface area (Å²) in [5.74, 6) is -0.569. The van der Waals surface area contributed by atoms with E-state index in [9.17, 15) is 17.9 Å². The highest BCUT2D eigenvalue weighted by Crippen LogP contribution is 2.29. The van der Waals surface area contributed by atoms with Crippen LogP contribution in [0.1, 0.15) is 18.4 Å². The van der Waals surface area contributed by atoms with Gasteiger partial charge in [-0.1, -0.05) is 18.2 Å². The molecule has 22 heavy (non-hydrogen) atoms. The van der Waals surface area contributed by atoms with Crippen molar-refractivity contribution in [2.45, 2.75) is 19.3 Å². The maximum atomic E-state index is 13.5. The molecule has 124 valence electrons. The zero-order chi connectivity index (χ0) is 16.1. The molecule has 0 spiro atoms. The first-order chi connectivity index (χ1) is 10.5. The fourth-order valence-electron chi connectivity index (χ4n) is 2.48. The van der Waals surface area contributed by atoms with Gasteiger partial charge in [0.2, 0.25) is 10.0 Å². The highest BCUT2D eigenvalue weighted by atomic mass is 32.2. The molecule has 0 bridgehead atoms. The second-order valence-electron chi connectivity index (χ2n) is 5.75. The van der Waals surface area contributed by atoms with Crippen molar-refractivity contribution in [3.8, 4) is 0 Å². The highest BCUT2D eigenvalue weighted by molar-refractivity contribution is 7.89. The zero-order valence-electron chi connectivity index (χ0n) is 12.4. The quantitative estimate of drug-likeness (QED) is 0.784. The summed E-state index contributed by atoms with van der Waals surface area (Å²) in [7, 11) is -3.51. The van der Waals surface area contributed by atoms with E-state index in [1.807, 2.05) is 0 Å². The number of aliphatic hydroxyl groups excluding tert-OH is 1. The summed E-state index contributed by atoms with van der Waals surface area (Å²) < 4.78 is 45.4. The molecule has 1 aliphatic rings. The van der Waals surface area contributed by atoms with E-state index in [1.165, 1.54) is 6.07 Å². The molecule has 0 amide bonds. The van der Waals surface area contributed by atoms with E-state index in [2.05, 4.69) is 4.72 Å². The molecule has 2 N–H and O–H groups in total. The Bertz CT molecular complexity index is 585. The van der Waals surface area contributed by atoms with Gasteiger partial charge in [0, 0.05) is 25.2 Å². The van der Waals surface area contributed by atoms with Crippen LogP contribution in [0.4, 0.5) is 4.39 Å². The minimum absolute atomic E-state index is 0.0772. The number of hydrogen-bond donors (Lipinski definition) is 2. The van der Waals surface area contributed by atoms with Crippen molar-refractivity contribution in [2.75, 3.05) is 32.1 Å². The SMILES string of the molecule is O=S(=O)(CCc1ccccc1F)NCC1(CO)CCOCC1. The van der Waals surface area contributed by atoms with Crippen molar-refractivity contribution in [1.29, 1.82) is 0 Å². The summed E-state index contributed by atoms with van der Waals surface area (Å²) >= 11 is 0. The second-order valence-corrected chi connectivity index (χ2v) is 7.68. The minimum Gasteiger partial charge on any atom is -0.396 e. The molecule has 0 aromatic heterocycles. The van der Waals surface area contributed by atoms with Gasteiger partial charge in [-0.25, -0.2) is 17.5 Å². The molecule has 0 unspecified atom stereocenters. The third kappa shape index (κ3) is 4.74. The van der Waals surface area contributed by atoms with Crippen molar-refractivity contribution >= 4 is 10.0 Å². The molecule has 0 aliphatic carbocycles. The Balaban J connectivity index is 1.89. The van der Waals surface area contributed by atoms with Gasteiger partial charge in [0.05, 0.1) is 12.4 Å². The summed E-state index contributed by atoms with van der Waals surface area (Å²) in [5.41, 5.74) is -0.0700. The van der Waals surface area contributed by atoms with E-state index < -0.39 is 21.3 Å². The molecule has 1 fully saturated rings. The lowest BCUT2D eigenvalue weighted by Gasteiger charge is -2.35. The lowest BCUT2D eigenvalue weighted by Crippen LogP contribution is -2.44. The molecule has 1 aromatic rings. The number of nitrogens with one attached hydrogen (secondary N) is 1. The van der Waals surface area contributed by atoms with Gasteiger partial charge in [0.25, 0.3) is 0 Å². The van der Waals surface area contributed by atoms with E-state index in [4.69, 9.17) is 4.74 Å². The van der Waals surface area contributed by atoms with Crippen LogP contribution in [0.2, 0.25) is 0 Å². The van der Waals surface area contributed by atoms with Gasteiger partial charge in [0.15, 0.2) is 0 Å². The molecule has 7 heteroatoms. The van der Waals surface area contributed by atoms with E-state index in [1.54, 1.807) is 18.2 Å². The van der Waals surface area contributed by atoms with Crippen molar-refractivity contribution in [2.24, 2.45) is 5.41 Å². The number of sulfonamides is 1. The lowest BCUT2D eigenvalue weighted by atomic mass is 9.81. The van der Waals surface area contributed by atoms with Crippen molar-refractivity contribution in [3.05, 3.63) is 35.6 Å². The third-order valence-corrected chi connectivity index (χ3v) is 5.48. The van der Waals surface area contributed by atoms with E-state index in [-0.39, 0.29) is 25.3 Å². The van der Waals surface area contributed by atoms with Gasteiger partial charge in [-0.2, -0.15) is 0 Å². The number of hydrogen-bond acceptors (Lipinski definition) is 4. The molecule has 1 aromatic carbocycles. The monoisotopic (exact) mass is 331 g/mol. The molecule has 1 aliphatic heterocycles. The first-order valence-electron chi connectivity index (χ1n) is 7.36. The largest absolute Gasteiger partial charge is 0.396 e. The van der Waals surface area contributed by atoms with Gasteiger partial charge < -0.3 is 9.84 Å². The Morgan fingerprint density at radius 1 is 1.27 bits per heavy atom. The lowest BCUT2D eigenvalue weighted by molar-refractivity contribution is -0.0126. The minimum atomic E-state index is -3.51. The number of halogens is 1. The molecule has 2 rings (SSSR count). The fraction of sp³-hybridized carbons (Fsp3) is 0.600. The normalized spacial score (nSPS) is 18.3. The predicted molar refractivity (Wildman–Crippen MR) is 81.5 cm³/mol. The average molecular weight is 331 g/mol. The molecule has 5 nitrogen and oxygen atoms in total. The third-order valence-electron chi connectivity index (χ3n) is 4.15. The zero-order valence-corrected chi connectivity index (χ0v) is 13.2. The summed E-state index contributed by atoms with van der Waals surface area (Å²) in [5, 5.41) is 9.54. The summed E-state index contributed by atoms with van der Waals surface area (Å²) in [4.78, 5) is 0. The standard InChI is InChI=1S/C15H22FNO4S/c16-14-4-2-1-3-13(14)5-10-22(19,20)17-11-15(12-18)6-8-21-9-7-15/h1-4,17-18H,5-12H2. The summed E-state index contributed by atoms with van der Waals surface area (Å²) in [6.07, 6.45) is 1.37. The molecule has 1 heterocycles. The molecule has 0 saturated carbocycles. The van der Waals surface area contributed by atoms with Gasteiger partial charge >= 0.3 is 0 Å². The van der Waals surface area contributed by atoms with Crippen LogP contribution in [0.3, 0.4) is 0 Å². The van der Waals surface area contributed by atoms with Crippen LogP contribution in [0.5, 0.6) is 0 Å². The topological polar surface area (TPSA) is 75.6 Å². The van der Waals surface area contributed by atoms with Crippen LogP contribution in [0.15, 0.2) is 24.3 Å². The van der Waals surface area contributed by atoms with Crippen LogP contribution < -0.4 is 4.72 Å². The van der Waals surface area contributed by atoms with Gasteiger partial charge in [0.1, 0.15) is 5.82 Å². The van der Waals surface area contributed by atoms with Crippen LogP contribution >= 0.6 is 0 Å². The molecular weight excluding hydrogens is 309 g/mol. The highest BCUT2D eigenvalue weighted by Gasteiger charge is 2.33. The predicted octanol–water partition coefficient (Wildman–Crippen LogP) is 1.08. The number of benzene rings is 1. The smallest absolute Gasteiger partial charge is 0.211 e. The second kappa shape index (κ2) is 7.50. The van der Waals surface area contributed by atoms with Gasteiger partial charge in [-0.3, -0.25) is 0 Å². The van der Waals surface area contributed by atoms with Gasteiger partial charge in [-0.05, 0) is 30.9 Å². The molecule has 0 radical (unpaired) electrons. The number of aryl methyl sites for hydroxylation is 1. The van der Waals surface area contributed by atoms with E-state index in [0.29, 0.717) is 31.6 Å². The molecule has 1 saturated heterocycles. The van der Waals surface area contributed by atoms with Crippen LogP contribution in [-0.4, -0.2) is 45.6 Å². The average Bonchev–Trinajstić information content (AvgIpc) is 2.53. The van der Waals surface area contributed by atoms with Crippen LogP contribution in [0.25, 0.3) is 0 Å². The fourth-order valence-corrected chi connectivity index (χ4v) is 3.63. The Morgan fingerprint density at radius 3 is 2.59 bits per heavy atom. The maximum Gasteiger partial charge on any atom is 0.211 e. The van der Waals surface area contributed by atoms with E-state index >= 15 is 0 Å². The van der Waals surface area contributed by atoms with Crippen molar-refractivity contribution < 1.29 is 22.7 Å². The molecule has 0 atom stereocenters. The van der Waals surface area contributed by atoms with Crippen molar-refractivity contribution in [1.82, 2.24) is 4.72 Å². The van der Waals surface area contributed by atoms with Crippen molar-refractivity contribution in [3.63, 3.8) is 0 Å². The first-order valence-corrected chi connectivity index (χ1v) is 9.01. The summed E-state index contributed by atoms with van der Waals surface area (Å²) in [6.45, 7) is 1.16. The first kappa shape index (κ1) is 17.3. The van der Waals surface area contributed by atoms with Gasteiger partial charge in [-0.15, -0.1) is 0 Å².